The molecule has 0 bridgehead atoms. The van der Waals surface area contributed by atoms with Crippen LogP contribution in [0.25, 0.3) is 0 Å². The lowest BCUT2D eigenvalue weighted by atomic mass is 10.1. The molecule has 0 radical (unpaired) electrons. The van der Waals surface area contributed by atoms with E-state index in [9.17, 15) is 14.0 Å². The van der Waals surface area contributed by atoms with Gasteiger partial charge in [-0.05, 0) is 30.7 Å². The fourth-order valence-corrected chi connectivity index (χ4v) is 2.08. The first-order valence-corrected chi connectivity index (χ1v) is 6.38. The SMILES string of the molecule is Cc1cccc(C(=O)O)c1NC(=O)c1cccc(F)c1Cl. The van der Waals surface area contributed by atoms with Gasteiger partial charge in [-0.1, -0.05) is 29.8 Å². The van der Waals surface area contributed by atoms with Gasteiger partial charge < -0.3 is 10.4 Å². The van der Waals surface area contributed by atoms with Crippen LogP contribution in [0.1, 0.15) is 26.3 Å². The summed E-state index contributed by atoms with van der Waals surface area (Å²) < 4.78 is 13.4. The maximum atomic E-state index is 13.4. The Labute approximate surface area is 125 Å². The fourth-order valence-electron chi connectivity index (χ4n) is 1.87. The number of aryl methyl sites for hydroxylation is 1. The van der Waals surface area contributed by atoms with Gasteiger partial charge in [-0.3, -0.25) is 4.79 Å². The number of carbonyl (C=O) groups is 2. The number of amides is 1. The molecule has 2 N–H and O–H groups in total. The number of hydrogen-bond donors (Lipinski definition) is 2. The van der Waals surface area contributed by atoms with Crippen molar-refractivity contribution in [2.75, 3.05) is 5.32 Å². The molecule has 0 spiro atoms. The van der Waals surface area contributed by atoms with E-state index in [2.05, 4.69) is 5.32 Å². The molecular formula is C15H11ClFNO3. The predicted octanol–water partition coefficient (Wildman–Crippen LogP) is 3.74. The van der Waals surface area contributed by atoms with E-state index < -0.39 is 17.7 Å². The molecule has 0 saturated heterocycles. The number of aromatic carboxylic acids is 1. The van der Waals surface area contributed by atoms with Crippen molar-refractivity contribution in [3.63, 3.8) is 0 Å². The first kappa shape index (κ1) is 15.0. The second kappa shape index (κ2) is 5.93. The summed E-state index contributed by atoms with van der Waals surface area (Å²) in [5, 5.41) is 11.3. The van der Waals surface area contributed by atoms with Crippen molar-refractivity contribution in [1.29, 1.82) is 0 Å². The zero-order valence-electron chi connectivity index (χ0n) is 11.0. The Balaban J connectivity index is 2.41. The zero-order valence-corrected chi connectivity index (χ0v) is 11.7. The quantitative estimate of drug-likeness (QED) is 0.907. The van der Waals surface area contributed by atoms with Crippen molar-refractivity contribution in [3.05, 3.63) is 63.9 Å². The van der Waals surface area contributed by atoms with Crippen molar-refractivity contribution >= 4 is 29.2 Å². The molecule has 108 valence electrons. The topological polar surface area (TPSA) is 66.4 Å². The molecule has 6 heteroatoms. The normalized spacial score (nSPS) is 10.2. The van der Waals surface area contributed by atoms with Crippen molar-refractivity contribution in [2.24, 2.45) is 0 Å². The van der Waals surface area contributed by atoms with Crippen molar-refractivity contribution in [3.8, 4) is 0 Å². The molecule has 2 rings (SSSR count). The van der Waals surface area contributed by atoms with Gasteiger partial charge in [-0.15, -0.1) is 0 Å². The largest absolute Gasteiger partial charge is 0.478 e. The number of benzene rings is 2. The molecule has 21 heavy (non-hydrogen) atoms. The summed E-state index contributed by atoms with van der Waals surface area (Å²) in [6.45, 7) is 1.66. The minimum atomic E-state index is -1.17. The number of rotatable bonds is 3. The van der Waals surface area contributed by atoms with Crippen LogP contribution < -0.4 is 5.32 Å². The molecular weight excluding hydrogens is 297 g/mol. The summed E-state index contributed by atoms with van der Waals surface area (Å²) in [7, 11) is 0. The van der Waals surface area contributed by atoms with Crippen LogP contribution in [0.3, 0.4) is 0 Å². The Hall–Kier alpha value is -2.40. The van der Waals surface area contributed by atoms with Gasteiger partial charge in [-0.2, -0.15) is 0 Å². The second-order valence-electron chi connectivity index (χ2n) is 4.36. The summed E-state index contributed by atoms with van der Waals surface area (Å²) in [5.74, 6) is -2.55. The van der Waals surface area contributed by atoms with Gasteiger partial charge in [0.15, 0.2) is 0 Å². The Morgan fingerprint density at radius 3 is 2.43 bits per heavy atom. The molecule has 0 aromatic heterocycles. The molecule has 0 unspecified atom stereocenters. The molecule has 0 fully saturated rings. The summed E-state index contributed by atoms with van der Waals surface area (Å²) in [6.07, 6.45) is 0. The monoisotopic (exact) mass is 307 g/mol. The molecule has 2 aromatic carbocycles. The Morgan fingerprint density at radius 2 is 1.76 bits per heavy atom. The Kier molecular flexibility index (Phi) is 4.23. The molecule has 0 aliphatic heterocycles. The molecule has 0 aliphatic carbocycles. The Morgan fingerprint density at radius 1 is 1.14 bits per heavy atom. The number of para-hydroxylation sites is 1. The number of halogens is 2. The third-order valence-electron chi connectivity index (χ3n) is 2.94. The number of nitrogens with one attached hydrogen (secondary N) is 1. The van der Waals surface area contributed by atoms with E-state index in [1.54, 1.807) is 19.1 Å². The lowest BCUT2D eigenvalue weighted by molar-refractivity contribution is 0.0698. The van der Waals surface area contributed by atoms with Crippen LogP contribution in [-0.4, -0.2) is 17.0 Å². The van der Waals surface area contributed by atoms with E-state index in [0.29, 0.717) is 5.56 Å². The summed E-state index contributed by atoms with van der Waals surface area (Å²) in [5.41, 5.74) is 0.637. The first-order valence-electron chi connectivity index (χ1n) is 6.00. The number of hydrogen-bond acceptors (Lipinski definition) is 2. The molecule has 0 heterocycles. The highest BCUT2D eigenvalue weighted by atomic mass is 35.5. The highest BCUT2D eigenvalue weighted by Crippen LogP contribution is 2.24. The van der Waals surface area contributed by atoms with Crippen LogP contribution in [0.2, 0.25) is 5.02 Å². The van der Waals surface area contributed by atoms with Crippen molar-refractivity contribution in [2.45, 2.75) is 6.92 Å². The maximum absolute atomic E-state index is 13.4. The van der Waals surface area contributed by atoms with E-state index in [1.807, 2.05) is 0 Å². The van der Waals surface area contributed by atoms with Crippen LogP contribution in [0.5, 0.6) is 0 Å². The van der Waals surface area contributed by atoms with E-state index in [-0.39, 0.29) is 21.8 Å². The number of anilines is 1. The summed E-state index contributed by atoms with van der Waals surface area (Å²) in [4.78, 5) is 23.3. The highest BCUT2D eigenvalue weighted by Gasteiger charge is 2.18. The second-order valence-corrected chi connectivity index (χ2v) is 4.74. The van der Waals surface area contributed by atoms with Gasteiger partial charge >= 0.3 is 5.97 Å². The third-order valence-corrected chi connectivity index (χ3v) is 3.32. The molecule has 0 aliphatic rings. The lowest BCUT2D eigenvalue weighted by Crippen LogP contribution is -2.16. The predicted molar refractivity (Wildman–Crippen MR) is 77.5 cm³/mol. The van der Waals surface area contributed by atoms with Gasteiger partial charge in [0.05, 0.1) is 21.8 Å². The van der Waals surface area contributed by atoms with Crippen LogP contribution in [0, 0.1) is 12.7 Å². The molecule has 1 amide bonds. The van der Waals surface area contributed by atoms with Crippen molar-refractivity contribution in [1.82, 2.24) is 0 Å². The van der Waals surface area contributed by atoms with Crippen LogP contribution >= 0.6 is 11.6 Å². The van der Waals surface area contributed by atoms with Gasteiger partial charge in [0, 0.05) is 0 Å². The van der Waals surface area contributed by atoms with Gasteiger partial charge in [-0.25, -0.2) is 9.18 Å². The van der Waals surface area contributed by atoms with Crippen LogP contribution in [0.4, 0.5) is 10.1 Å². The third kappa shape index (κ3) is 3.03. The molecule has 0 atom stereocenters. The van der Waals surface area contributed by atoms with E-state index >= 15 is 0 Å². The van der Waals surface area contributed by atoms with Gasteiger partial charge in [0.1, 0.15) is 5.82 Å². The summed E-state index contributed by atoms with van der Waals surface area (Å²) >= 11 is 5.74. The average molecular weight is 308 g/mol. The minimum absolute atomic E-state index is 0.0455. The van der Waals surface area contributed by atoms with E-state index in [0.717, 1.165) is 6.07 Å². The van der Waals surface area contributed by atoms with Crippen molar-refractivity contribution < 1.29 is 19.1 Å². The van der Waals surface area contributed by atoms with E-state index in [1.165, 1.54) is 18.2 Å². The summed E-state index contributed by atoms with van der Waals surface area (Å²) in [6, 6.07) is 8.46. The van der Waals surface area contributed by atoms with Crippen LogP contribution in [-0.2, 0) is 0 Å². The Bertz CT molecular complexity index is 731. The fraction of sp³-hybridized carbons (Fsp3) is 0.0667. The highest BCUT2D eigenvalue weighted by molar-refractivity contribution is 6.34. The van der Waals surface area contributed by atoms with Gasteiger partial charge in [0.2, 0.25) is 0 Å². The standard InChI is InChI=1S/C15H11ClFNO3/c1-8-4-2-6-10(15(20)21)13(8)18-14(19)9-5-3-7-11(17)12(9)16/h2-7H,1H3,(H,18,19)(H,20,21). The number of carboxylic acids is 1. The lowest BCUT2D eigenvalue weighted by Gasteiger charge is -2.12. The van der Waals surface area contributed by atoms with Crippen LogP contribution in [0.15, 0.2) is 36.4 Å². The minimum Gasteiger partial charge on any atom is -0.478 e. The molecule has 4 nitrogen and oxygen atoms in total. The number of carbonyl (C=O) groups excluding carboxylic acids is 1. The first-order chi connectivity index (χ1) is 9.91. The van der Waals surface area contributed by atoms with E-state index in [4.69, 9.17) is 16.7 Å². The average Bonchev–Trinajstić information content (AvgIpc) is 2.43. The zero-order chi connectivity index (χ0) is 15.6. The molecule has 2 aromatic rings. The smallest absolute Gasteiger partial charge is 0.337 e. The molecule has 0 saturated carbocycles. The number of carboxylic acid groups (broad SMARTS) is 1. The van der Waals surface area contributed by atoms with Gasteiger partial charge in [0.25, 0.3) is 5.91 Å². The maximum Gasteiger partial charge on any atom is 0.337 e.